The quantitative estimate of drug-likeness (QED) is 0.704. The van der Waals surface area contributed by atoms with E-state index in [0.29, 0.717) is 26.1 Å². The number of carbonyl (C=O) groups excluding carboxylic acids is 1. The molecule has 1 aromatic rings. The van der Waals surface area contributed by atoms with Gasteiger partial charge in [0.05, 0.1) is 0 Å². The Morgan fingerprint density at radius 2 is 2.00 bits per heavy atom. The van der Waals surface area contributed by atoms with Crippen LogP contribution in [0.5, 0.6) is 0 Å². The predicted molar refractivity (Wildman–Crippen MR) is 71.6 cm³/mol. The second-order valence-corrected chi connectivity index (χ2v) is 3.85. The van der Waals surface area contributed by atoms with Crippen LogP contribution in [0.15, 0.2) is 36.9 Å². The fourth-order valence-electron chi connectivity index (χ4n) is 1.50. The molecule has 3 nitrogen and oxygen atoms in total. The molecule has 0 atom stereocenters. The van der Waals surface area contributed by atoms with Crippen LogP contribution < -0.4 is 10.6 Å². The molecule has 0 heterocycles. The van der Waals surface area contributed by atoms with Gasteiger partial charge >= 0.3 is 0 Å². The number of hydrogen-bond donors (Lipinski definition) is 2. The molecule has 92 valence electrons. The Labute approximate surface area is 103 Å². The van der Waals surface area contributed by atoms with E-state index in [1.165, 1.54) is 0 Å². The van der Waals surface area contributed by atoms with Gasteiger partial charge in [-0.2, -0.15) is 0 Å². The van der Waals surface area contributed by atoms with Crippen LogP contribution in [-0.2, 0) is 4.79 Å². The monoisotopic (exact) mass is 232 g/mol. The van der Waals surface area contributed by atoms with Gasteiger partial charge in [-0.1, -0.05) is 36.9 Å². The lowest BCUT2D eigenvalue weighted by atomic mass is 10.1. The highest BCUT2D eigenvalue weighted by Crippen LogP contribution is 2.09. The summed E-state index contributed by atoms with van der Waals surface area (Å²) in [5.41, 5.74) is 2.18. The van der Waals surface area contributed by atoms with Crippen LogP contribution in [0.1, 0.15) is 18.9 Å². The topological polar surface area (TPSA) is 41.1 Å². The molecule has 1 amide bonds. The minimum atomic E-state index is 0.0883. The summed E-state index contributed by atoms with van der Waals surface area (Å²) in [5.74, 6) is 0.0883. The van der Waals surface area contributed by atoms with E-state index in [1.807, 2.05) is 37.3 Å². The van der Waals surface area contributed by atoms with Crippen LogP contribution in [0.25, 0.3) is 5.57 Å². The van der Waals surface area contributed by atoms with E-state index in [-0.39, 0.29) is 5.91 Å². The molecule has 1 aromatic carbocycles. The first-order valence-electron chi connectivity index (χ1n) is 5.94. The molecular weight excluding hydrogens is 212 g/mol. The van der Waals surface area contributed by atoms with Crippen molar-refractivity contribution in [2.45, 2.75) is 13.3 Å². The number of benzene rings is 1. The van der Waals surface area contributed by atoms with Crippen LogP contribution >= 0.6 is 0 Å². The first kappa shape index (κ1) is 13.5. The third-order valence-electron chi connectivity index (χ3n) is 2.42. The molecule has 3 heteroatoms. The molecule has 0 aromatic heterocycles. The number of nitrogens with one attached hydrogen (secondary N) is 2. The molecule has 0 saturated heterocycles. The molecule has 0 saturated carbocycles. The van der Waals surface area contributed by atoms with Gasteiger partial charge in [0.2, 0.25) is 5.91 Å². The summed E-state index contributed by atoms with van der Waals surface area (Å²) < 4.78 is 0. The van der Waals surface area contributed by atoms with E-state index in [0.717, 1.165) is 11.1 Å². The van der Waals surface area contributed by atoms with Crippen molar-refractivity contribution < 1.29 is 4.79 Å². The molecule has 17 heavy (non-hydrogen) atoms. The van der Waals surface area contributed by atoms with Crippen LogP contribution in [0, 0.1) is 0 Å². The number of amides is 1. The second-order valence-electron chi connectivity index (χ2n) is 3.85. The molecule has 0 radical (unpaired) electrons. The van der Waals surface area contributed by atoms with Crippen molar-refractivity contribution >= 4 is 11.5 Å². The fraction of sp³-hybridized carbons (Fsp3) is 0.357. The first-order chi connectivity index (χ1) is 8.24. The number of hydrogen-bond acceptors (Lipinski definition) is 2. The molecule has 0 bridgehead atoms. The minimum Gasteiger partial charge on any atom is -0.356 e. The van der Waals surface area contributed by atoms with E-state index in [9.17, 15) is 4.79 Å². The standard InChI is InChI=1S/C14H20N2O/c1-3-16-14(17)9-10-15-11-12(2)13-7-5-4-6-8-13/h4-8,15H,2-3,9-11H2,1H3,(H,16,17). The zero-order valence-corrected chi connectivity index (χ0v) is 10.3. The van der Waals surface area contributed by atoms with Crippen molar-refractivity contribution in [3.8, 4) is 0 Å². The maximum absolute atomic E-state index is 11.2. The maximum atomic E-state index is 11.2. The SMILES string of the molecule is C=C(CNCCC(=O)NCC)c1ccccc1. The molecule has 0 spiro atoms. The van der Waals surface area contributed by atoms with Gasteiger partial charge in [0.1, 0.15) is 0 Å². The summed E-state index contributed by atoms with van der Waals surface area (Å²) in [6.07, 6.45) is 0.510. The average Bonchev–Trinajstić information content (AvgIpc) is 2.36. The lowest BCUT2D eigenvalue weighted by molar-refractivity contribution is -0.120. The van der Waals surface area contributed by atoms with E-state index < -0.39 is 0 Å². The normalized spacial score (nSPS) is 9.94. The first-order valence-corrected chi connectivity index (χ1v) is 5.94. The van der Waals surface area contributed by atoms with Gasteiger partial charge in [0, 0.05) is 26.1 Å². The zero-order valence-electron chi connectivity index (χ0n) is 10.3. The van der Waals surface area contributed by atoms with Crippen molar-refractivity contribution in [2.75, 3.05) is 19.6 Å². The van der Waals surface area contributed by atoms with Gasteiger partial charge in [0.25, 0.3) is 0 Å². The van der Waals surface area contributed by atoms with Crippen LogP contribution in [0.3, 0.4) is 0 Å². The lowest BCUT2D eigenvalue weighted by Crippen LogP contribution is -2.27. The molecule has 0 fully saturated rings. The van der Waals surface area contributed by atoms with E-state index >= 15 is 0 Å². The lowest BCUT2D eigenvalue weighted by Gasteiger charge is -2.07. The molecule has 0 unspecified atom stereocenters. The Morgan fingerprint density at radius 3 is 2.65 bits per heavy atom. The summed E-state index contributed by atoms with van der Waals surface area (Å²) >= 11 is 0. The van der Waals surface area contributed by atoms with Crippen molar-refractivity contribution in [3.63, 3.8) is 0 Å². The summed E-state index contributed by atoms with van der Waals surface area (Å²) in [7, 11) is 0. The minimum absolute atomic E-state index is 0.0883. The highest BCUT2D eigenvalue weighted by Gasteiger charge is 2.00. The average molecular weight is 232 g/mol. The van der Waals surface area contributed by atoms with Gasteiger partial charge < -0.3 is 10.6 Å². The largest absolute Gasteiger partial charge is 0.356 e. The van der Waals surface area contributed by atoms with Crippen LogP contribution in [0.4, 0.5) is 0 Å². The highest BCUT2D eigenvalue weighted by atomic mass is 16.1. The highest BCUT2D eigenvalue weighted by molar-refractivity contribution is 5.76. The molecule has 0 aliphatic carbocycles. The molecule has 0 aliphatic heterocycles. The Morgan fingerprint density at radius 1 is 1.29 bits per heavy atom. The van der Waals surface area contributed by atoms with Crippen molar-refractivity contribution in [3.05, 3.63) is 42.5 Å². The predicted octanol–water partition coefficient (Wildman–Crippen LogP) is 1.82. The smallest absolute Gasteiger partial charge is 0.221 e. The number of carbonyl (C=O) groups is 1. The fourth-order valence-corrected chi connectivity index (χ4v) is 1.50. The second kappa shape index (κ2) is 7.63. The van der Waals surface area contributed by atoms with Crippen molar-refractivity contribution in [1.29, 1.82) is 0 Å². The Hall–Kier alpha value is -1.61. The van der Waals surface area contributed by atoms with E-state index in [1.54, 1.807) is 0 Å². The van der Waals surface area contributed by atoms with Gasteiger partial charge in [-0.25, -0.2) is 0 Å². The van der Waals surface area contributed by atoms with Gasteiger partial charge in [-0.05, 0) is 18.1 Å². The summed E-state index contributed by atoms with van der Waals surface area (Å²) in [4.78, 5) is 11.2. The molecule has 2 N–H and O–H groups in total. The third kappa shape index (κ3) is 5.31. The Bertz CT molecular complexity index is 360. The summed E-state index contributed by atoms with van der Waals surface area (Å²) in [6.45, 7) is 8.01. The van der Waals surface area contributed by atoms with Gasteiger partial charge in [-0.15, -0.1) is 0 Å². The van der Waals surface area contributed by atoms with Crippen molar-refractivity contribution in [2.24, 2.45) is 0 Å². The van der Waals surface area contributed by atoms with Gasteiger partial charge in [-0.3, -0.25) is 4.79 Å². The third-order valence-corrected chi connectivity index (χ3v) is 2.42. The summed E-state index contributed by atoms with van der Waals surface area (Å²) in [5, 5.41) is 5.98. The van der Waals surface area contributed by atoms with Crippen molar-refractivity contribution in [1.82, 2.24) is 10.6 Å². The Kier molecular flexibility index (Phi) is 6.04. The van der Waals surface area contributed by atoms with Crippen LogP contribution in [-0.4, -0.2) is 25.5 Å². The molecular formula is C14H20N2O. The van der Waals surface area contributed by atoms with Crippen LogP contribution in [0.2, 0.25) is 0 Å². The number of rotatable bonds is 7. The maximum Gasteiger partial charge on any atom is 0.221 e. The van der Waals surface area contributed by atoms with E-state index in [4.69, 9.17) is 0 Å². The molecule has 0 aliphatic rings. The van der Waals surface area contributed by atoms with Gasteiger partial charge in [0.15, 0.2) is 0 Å². The van der Waals surface area contributed by atoms with E-state index in [2.05, 4.69) is 17.2 Å². The zero-order chi connectivity index (χ0) is 12.5. The Balaban J connectivity index is 2.19. The summed E-state index contributed by atoms with van der Waals surface area (Å²) in [6, 6.07) is 10.0. The molecule has 1 rings (SSSR count).